The molecule has 0 radical (unpaired) electrons. The van der Waals surface area contributed by atoms with Crippen LogP contribution in [0.4, 0.5) is 13.2 Å². The third kappa shape index (κ3) is 3.38. The minimum absolute atomic E-state index is 0.0861. The van der Waals surface area contributed by atoms with E-state index < -0.39 is 23.3 Å². The molecule has 0 aliphatic rings. The van der Waals surface area contributed by atoms with Gasteiger partial charge >= 0.3 is 6.18 Å². The number of carboxylic acid groups (broad SMARTS) is 1. The van der Waals surface area contributed by atoms with Gasteiger partial charge in [-0.05, 0) is 36.3 Å². The molecule has 26 heavy (non-hydrogen) atoms. The monoisotopic (exact) mass is 379 g/mol. The number of nitrogens with one attached hydrogen (secondary N) is 1. The second-order valence-electron chi connectivity index (χ2n) is 5.43. The smallest absolute Gasteiger partial charge is 0.416 e. The molecule has 9 heteroatoms. The van der Waals surface area contributed by atoms with Crippen LogP contribution in [0.3, 0.4) is 0 Å². The molecule has 0 saturated heterocycles. The number of aromatic nitrogens is 2. The molecule has 0 amide bonds. The van der Waals surface area contributed by atoms with E-state index in [9.17, 15) is 27.9 Å². The summed E-state index contributed by atoms with van der Waals surface area (Å²) >= 11 is 0.812. The first kappa shape index (κ1) is 17.9. The Bertz CT molecular complexity index is 1100. The van der Waals surface area contributed by atoms with Crippen molar-refractivity contribution in [1.82, 2.24) is 9.97 Å². The average molecular weight is 379 g/mol. The number of H-pyrrole nitrogens is 1. The zero-order chi connectivity index (χ0) is 19.1. The molecule has 0 aliphatic heterocycles. The third-order valence-corrected chi connectivity index (χ3v) is 4.82. The first-order valence-corrected chi connectivity index (χ1v) is 8.08. The fourth-order valence-corrected chi connectivity index (χ4v) is 3.45. The molecule has 3 aromatic rings. The Morgan fingerprint density at radius 1 is 1.31 bits per heavy atom. The molecule has 0 fully saturated rings. The van der Waals surface area contributed by atoms with Gasteiger partial charge in [-0.3, -0.25) is 4.79 Å². The van der Waals surface area contributed by atoms with E-state index in [2.05, 4.69) is 9.97 Å². The Morgan fingerprint density at radius 2 is 2.04 bits per heavy atom. The summed E-state index contributed by atoms with van der Waals surface area (Å²) in [6.07, 6.45) is -1.73. The maximum Gasteiger partial charge on any atom is 0.416 e. The van der Waals surface area contributed by atoms with Crippen LogP contribution in [0.5, 0.6) is 0 Å². The number of halogens is 3. The van der Waals surface area contributed by atoms with Crippen molar-refractivity contribution in [3.8, 4) is 0 Å². The molecule has 0 aliphatic carbocycles. The van der Waals surface area contributed by atoms with Crippen LogP contribution in [0.25, 0.3) is 22.4 Å². The molecule has 0 bridgehead atoms. The van der Waals surface area contributed by atoms with Crippen molar-refractivity contribution in [2.24, 2.45) is 0 Å². The second kappa shape index (κ2) is 6.41. The van der Waals surface area contributed by atoms with E-state index in [-0.39, 0.29) is 32.0 Å². The summed E-state index contributed by atoms with van der Waals surface area (Å²) in [7, 11) is 0. The fourth-order valence-electron chi connectivity index (χ4n) is 2.43. The molecule has 0 unspecified atom stereocenters. The van der Waals surface area contributed by atoms with Crippen molar-refractivity contribution in [3.63, 3.8) is 0 Å². The van der Waals surface area contributed by atoms with E-state index in [1.807, 2.05) is 0 Å². The number of alkyl halides is 3. The number of aryl methyl sites for hydroxylation is 1. The number of thiophene rings is 1. The van der Waals surface area contributed by atoms with Gasteiger partial charge < -0.3 is 14.9 Å². The van der Waals surface area contributed by atoms with E-state index in [1.54, 1.807) is 0 Å². The first-order chi connectivity index (χ1) is 12.2. The number of rotatable bonds is 3. The normalized spacial score (nSPS) is 12.2. The summed E-state index contributed by atoms with van der Waals surface area (Å²) in [5.74, 6) is -1.29. The Kier molecular flexibility index (Phi) is 4.41. The molecule has 0 atom stereocenters. The van der Waals surface area contributed by atoms with Gasteiger partial charge in [-0.15, -0.1) is 11.3 Å². The molecule has 1 N–H and O–H groups in total. The highest BCUT2D eigenvalue weighted by Gasteiger charge is 2.30. The third-order valence-electron chi connectivity index (χ3n) is 3.65. The number of carboxylic acids is 1. The number of benzene rings is 1. The van der Waals surface area contributed by atoms with Gasteiger partial charge in [-0.25, -0.2) is 4.98 Å². The van der Waals surface area contributed by atoms with E-state index in [1.165, 1.54) is 31.2 Å². The van der Waals surface area contributed by atoms with Gasteiger partial charge in [-0.2, -0.15) is 13.2 Å². The highest BCUT2D eigenvalue weighted by Crippen LogP contribution is 2.30. The van der Waals surface area contributed by atoms with Gasteiger partial charge in [0, 0.05) is 0 Å². The minimum atomic E-state index is -4.45. The largest absolute Gasteiger partial charge is 0.544 e. The van der Waals surface area contributed by atoms with Gasteiger partial charge in [0.2, 0.25) is 0 Å². The number of carbonyl (C=O) groups is 1. The van der Waals surface area contributed by atoms with Crippen molar-refractivity contribution in [3.05, 3.63) is 62.0 Å². The summed E-state index contributed by atoms with van der Waals surface area (Å²) < 4.78 is 38.2. The first-order valence-electron chi connectivity index (χ1n) is 7.27. The molecule has 0 saturated carbocycles. The standard InChI is InChI=1S/C17H11F3N2O3S/c1-8-12-14(23)21-11(22-15(12)26-13(8)16(24)25)6-5-9-3-2-4-10(7-9)17(18,19)20/h2-7H,1H3,(H,24,25)(H,21,22,23)/p-1/b6-5+. The molecular formula is C17H10F3N2O3S-. The molecule has 3 rings (SSSR count). The molecule has 1 aromatic carbocycles. The molecule has 134 valence electrons. The highest BCUT2D eigenvalue weighted by atomic mass is 32.1. The lowest BCUT2D eigenvalue weighted by Crippen LogP contribution is -2.21. The van der Waals surface area contributed by atoms with Crippen LogP contribution in [0, 0.1) is 6.92 Å². The number of hydrogen-bond donors (Lipinski definition) is 1. The van der Waals surface area contributed by atoms with Crippen molar-refractivity contribution in [2.45, 2.75) is 13.1 Å². The Balaban J connectivity index is 2.01. The lowest BCUT2D eigenvalue weighted by atomic mass is 10.1. The Morgan fingerprint density at radius 3 is 2.69 bits per heavy atom. The number of fused-ring (bicyclic) bond motifs is 1. The molecule has 2 heterocycles. The van der Waals surface area contributed by atoms with Gasteiger partial charge in [-0.1, -0.05) is 18.2 Å². The van der Waals surface area contributed by atoms with Gasteiger partial charge in [0.25, 0.3) is 5.56 Å². The zero-order valence-corrected chi connectivity index (χ0v) is 14.0. The summed E-state index contributed by atoms with van der Waals surface area (Å²) in [5.41, 5.74) is -0.767. The number of carbonyl (C=O) groups excluding carboxylic acids is 1. The van der Waals surface area contributed by atoms with Crippen LogP contribution in [0.2, 0.25) is 0 Å². The zero-order valence-electron chi connectivity index (χ0n) is 13.2. The number of nitrogens with zero attached hydrogens (tertiary/aromatic N) is 1. The number of hydrogen-bond acceptors (Lipinski definition) is 5. The van der Waals surface area contributed by atoms with Crippen LogP contribution in [0.1, 0.15) is 32.2 Å². The maximum absolute atomic E-state index is 12.7. The topological polar surface area (TPSA) is 85.9 Å². The van der Waals surface area contributed by atoms with Crippen molar-refractivity contribution in [2.75, 3.05) is 0 Å². The molecule has 0 spiro atoms. The summed E-state index contributed by atoms with van der Waals surface area (Å²) in [6, 6.07) is 4.68. The van der Waals surface area contributed by atoms with Crippen molar-refractivity contribution in [1.29, 1.82) is 0 Å². The number of aromatic carboxylic acids is 1. The predicted molar refractivity (Wildman–Crippen MR) is 89.7 cm³/mol. The lowest BCUT2D eigenvalue weighted by Gasteiger charge is -2.06. The van der Waals surface area contributed by atoms with Crippen molar-refractivity contribution >= 4 is 39.7 Å². The number of aromatic amines is 1. The van der Waals surface area contributed by atoms with E-state index >= 15 is 0 Å². The Labute approximate surface area is 148 Å². The van der Waals surface area contributed by atoms with Crippen LogP contribution in [-0.4, -0.2) is 15.9 Å². The van der Waals surface area contributed by atoms with E-state index in [0.717, 1.165) is 23.5 Å². The molecule has 5 nitrogen and oxygen atoms in total. The SMILES string of the molecule is Cc1c(C(=O)[O-])sc2nc(/C=C/c3cccc(C(F)(F)F)c3)[nH]c(=O)c12. The van der Waals surface area contributed by atoms with E-state index in [4.69, 9.17) is 0 Å². The van der Waals surface area contributed by atoms with Crippen LogP contribution < -0.4 is 10.7 Å². The average Bonchev–Trinajstić information content (AvgIpc) is 2.90. The second-order valence-corrected chi connectivity index (χ2v) is 6.43. The molecular weight excluding hydrogens is 369 g/mol. The van der Waals surface area contributed by atoms with Gasteiger partial charge in [0.15, 0.2) is 0 Å². The fraction of sp³-hybridized carbons (Fsp3) is 0.118. The van der Waals surface area contributed by atoms with E-state index in [0.29, 0.717) is 0 Å². The summed E-state index contributed by atoms with van der Waals surface area (Å²) in [5, 5.41) is 11.2. The lowest BCUT2D eigenvalue weighted by molar-refractivity contribution is -0.254. The summed E-state index contributed by atoms with van der Waals surface area (Å²) in [6.45, 7) is 1.49. The molecule has 2 aromatic heterocycles. The highest BCUT2D eigenvalue weighted by molar-refractivity contribution is 7.20. The maximum atomic E-state index is 12.7. The Hall–Kier alpha value is -2.94. The van der Waals surface area contributed by atoms with Crippen molar-refractivity contribution < 1.29 is 23.1 Å². The van der Waals surface area contributed by atoms with Crippen LogP contribution in [-0.2, 0) is 6.18 Å². The van der Waals surface area contributed by atoms with Crippen LogP contribution in [0.15, 0.2) is 29.1 Å². The summed E-state index contributed by atoms with van der Waals surface area (Å²) in [4.78, 5) is 30.0. The quantitative estimate of drug-likeness (QED) is 0.758. The van der Waals surface area contributed by atoms with Crippen LogP contribution >= 0.6 is 11.3 Å². The van der Waals surface area contributed by atoms with Gasteiger partial charge in [0.1, 0.15) is 10.7 Å². The predicted octanol–water partition coefficient (Wildman–Crippen LogP) is 2.85. The minimum Gasteiger partial charge on any atom is -0.544 e. The van der Waals surface area contributed by atoms with Gasteiger partial charge in [0.05, 0.1) is 21.8 Å².